The highest BCUT2D eigenvalue weighted by Crippen LogP contribution is 2.37. The summed E-state index contributed by atoms with van der Waals surface area (Å²) in [5.74, 6) is 2.30. The van der Waals surface area contributed by atoms with E-state index in [4.69, 9.17) is 20.8 Å². The van der Waals surface area contributed by atoms with E-state index < -0.39 is 0 Å². The average Bonchev–Trinajstić information content (AvgIpc) is 2.97. The molecule has 2 amide bonds. The molecule has 192 valence electrons. The molecular weight excluding hydrogens is 492 g/mol. The summed E-state index contributed by atoms with van der Waals surface area (Å²) >= 11 is 0. The second-order valence-corrected chi connectivity index (χ2v) is 8.47. The van der Waals surface area contributed by atoms with Crippen LogP contribution in [0.25, 0.3) is 15.7 Å². The molecule has 0 aliphatic rings. The summed E-state index contributed by atoms with van der Waals surface area (Å²) in [5.41, 5.74) is 3.28. The number of amides is 2. The van der Waals surface area contributed by atoms with Gasteiger partial charge < -0.3 is 24.8 Å². The van der Waals surface area contributed by atoms with Gasteiger partial charge in [0.1, 0.15) is 29.6 Å². The predicted octanol–water partition coefficient (Wildman–Crippen LogP) is 7.81. The van der Waals surface area contributed by atoms with Crippen LogP contribution >= 0.6 is 0 Å². The van der Waals surface area contributed by atoms with Crippen molar-refractivity contribution in [1.29, 1.82) is 0 Å². The lowest BCUT2D eigenvalue weighted by molar-refractivity contribution is 0.262. The molecule has 5 aromatic rings. The molecule has 0 aliphatic carbocycles. The topological polar surface area (TPSA) is 86.1 Å². The number of rotatable bonds is 8. The third-order valence-corrected chi connectivity index (χ3v) is 5.83. The van der Waals surface area contributed by atoms with Crippen molar-refractivity contribution in [2.45, 2.75) is 6.61 Å². The maximum atomic E-state index is 12.3. The highest BCUT2D eigenvalue weighted by Gasteiger charge is 2.12. The number of fused-ring (bicyclic) bond motifs is 1. The number of nitrogens with one attached hydrogen (secondary N) is 2. The summed E-state index contributed by atoms with van der Waals surface area (Å²) in [6, 6.07) is 28.7. The normalized spacial score (nSPS) is 10.4. The molecule has 0 fully saturated rings. The Balaban J connectivity index is 1.27. The first-order valence-corrected chi connectivity index (χ1v) is 12.1. The smallest absolute Gasteiger partial charge is 0.323 e. The molecule has 0 radical (unpaired) electrons. The van der Waals surface area contributed by atoms with Crippen LogP contribution < -0.4 is 24.8 Å². The summed E-state index contributed by atoms with van der Waals surface area (Å²) in [5, 5.41) is 6.25. The molecule has 0 aliphatic heterocycles. The van der Waals surface area contributed by atoms with E-state index in [2.05, 4.69) is 20.5 Å². The van der Waals surface area contributed by atoms with Crippen molar-refractivity contribution in [3.63, 3.8) is 0 Å². The molecule has 0 atom stereocenters. The monoisotopic (exact) mass is 516 g/mol. The van der Waals surface area contributed by atoms with Crippen molar-refractivity contribution in [1.82, 2.24) is 4.98 Å². The highest BCUT2D eigenvalue weighted by molar-refractivity contribution is 5.99. The van der Waals surface area contributed by atoms with Crippen LogP contribution in [0.1, 0.15) is 5.56 Å². The lowest BCUT2D eigenvalue weighted by atomic mass is 10.1. The Morgan fingerprint density at radius 1 is 0.846 bits per heavy atom. The Labute approximate surface area is 225 Å². The van der Waals surface area contributed by atoms with Gasteiger partial charge in [-0.2, -0.15) is 0 Å². The Bertz CT molecular complexity index is 1630. The molecule has 0 spiro atoms. The van der Waals surface area contributed by atoms with Crippen LogP contribution in [0.3, 0.4) is 0 Å². The van der Waals surface area contributed by atoms with Crippen molar-refractivity contribution in [3.8, 4) is 23.0 Å². The van der Waals surface area contributed by atoms with Crippen LogP contribution in [0.2, 0.25) is 0 Å². The summed E-state index contributed by atoms with van der Waals surface area (Å²) in [4.78, 5) is 20.4. The Morgan fingerprint density at radius 2 is 1.51 bits per heavy atom. The number of methoxy groups -OCH3 is 1. The molecule has 0 bridgehead atoms. The standard InChI is InChI=1S/C31H24N4O4/c1-32-28-18-26-27(19-30(28)38-20-21-6-4-3-5-7-21)33-17-16-29(26)39-25-14-10-23(11-15-25)35-31(36)34-22-8-12-24(37-2)13-9-22/h3-19H,20H2,2H3,(H2,34,35,36). The van der Waals surface area contributed by atoms with E-state index in [1.807, 2.05) is 30.3 Å². The second-order valence-electron chi connectivity index (χ2n) is 8.47. The van der Waals surface area contributed by atoms with Crippen LogP contribution in [0.5, 0.6) is 23.0 Å². The van der Waals surface area contributed by atoms with Gasteiger partial charge in [-0.3, -0.25) is 4.98 Å². The third kappa shape index (κ3) is 6.24. The molecule has 8 nitrogen and oxygen atoms in total. The number of urea groups is 1. The minimum Gasteiger partial charge on any atom is -0.500 e. The zero-order valence-corrected chi connectivity index (χ0v) is 21.0. The maximum Gasteiger partial charge on any atom is 0.323 e. The van der Waals surface area contributed by atoms with Gasteiger partial charge in [0.25, 0.3) is 0 Å². The molecule has 4 aromatic carbocycles. The Kier molecular flexibility index (Phi) is 7.51. The lowest BCUT2D eigenvalue weighted by Gasteiger charge is -2.13. The number of hydrogen-bond acceptors (Lipinski definition) is 5. The maximum absolute atomic E-state index is 12.3. The zero-order valence-electron chi connectivity index (χ0n) is 21.0. The quantitative estimate of drug-likeness (QED) is 0.205. The Hall–Kier alpha value is -5.55. The number of anilines is 2. The number of aromatic nitrogens is 1. The van der Waals surface area contributed by atoms with E-state index in [1.165, 1.54) is 0 Å². The van der Waals surface area contributed by atoms with Crippen LogP contribution in [0.4, 0.5) is 21.9 Å². The third-order valence-electron chi connectivity index (χ3n) is 5.83. The molecule has 2 N–H and O–H groups in total. The number of pyridine rings is 1. The van der Waals surface area contributed by atoms with E-state index in [0.29, 0.717) is 57.6 Å². The minimum atomic E-state index is -0.370. The van der Waals surface area contributed by atoms with Crippen LogP contribution in [-0.4, -0.2) is 18.1 Å². The van der Waals surface area contributed by atoms with Crippen molar-refractivity contribution < 1.29 is 19.0 Å². The number of nitrogens with zero attached hydrogens (tertiary/aromatic N) is 2. The summed E-state index contributed by atoms with van der Waals surface area (Å²) in [6.45, 7) is 7.99. The van der Waals surface area contributed by atoms with Gasteiger partial charge in [0, 0.05) is 23.0 Å². The molecule has 5 rings (SSSR count). The first kappa shape index (κ1) is 25.1. The molecule has 1 aromatic heterocycles. The molecule has 8 heteroatoms. The van der Waals surface area contributed by atoms with E-state index in [0.717, 1.165) is 5.56 Å². The van der Waals surface area contributed by atoms with Crippen molar-refractivity contribution in [2.75, 3.05) is 17.7 Å². The number of carbonyl (C=O) groups excluding carboxylic acids is 1. The van der Waals surface area contributed by atoms with Crippen molar-refractivity contribution in [2.24, 2.45) is 0 Å². The van der Waals surface area contributed by atoms with E-state index in [-0.39, 0.29) is 6.03 Å². The fourth-order valence-corrected chi connectivity index (χ4v) is 3.87. The lowest BCUT2D eigenvalue weighted by Crippen LogP contribution is -2.19. The van der Waals surface area contributed by atoms with Crippen LogP contribution in [0, 0.1) is 6.57 Å². The summed E-state index contributed by atoms with van der Waals surface area (Å²) in [6.07, 6.45) is 1.65. The van der Waals surface area contributed by atoms with E-state index in [1.54, 1.807) is 80.0 Å². The average molecular weight is 517 g/mol. The van der Waals surface area contributed by atoms with Crippen molar-refractivity contribution >= 4 is 34.0 Å². The fraction of sp³-hybridized carbons (Fsp3) is 0.0645. The molecule has 0 saturated carbocycles. The van der Waals surface area contributed by atoms with Gasteiger partial charge in [0.2, 0.25) is 5.69 Å². The molecule has 39 heavy (non-hydrogen) atoms. The zero-order chi connectivity index (χ0) is 27.0. The number of hydrogen-bond donors (Lipinski definition) is 2. The molecule has 0 saturated heterocycles. The summed E-state index contributed by atoms with van der Waals surface area (Å²) in [7, 11) is 1.59. The van der Waals surface area contributed by atoms with Gasteiger partial charge in [-0.05, 0) is 72.3 Å². The summed E-state index contributed by atoms with van der Waals surface area (Å²) < 4.78 is 17.2. The minimum absolute atomic E-state index is 0.351. The van der Waals surface area contributed by atoms with Gasteiger partial charge in [-0.1, -0.05) is 30.3 Å². The SMILES string of the molecule is [C-]#[N+]c1cc2c(Oc3ccc(NC(=O)Nc4ccc(OC)cc4)cc3)ccnc2cc1OCc1ccccc1. The second kappa shape index (κ2) is 11.7. The van der Waals surface area contributed by atoms with Crippen LogP contribution in [0.15, 0.2) is 103 Å². The number of carbonyl (C=O) groups is 1. The predicted molar refractivity (Wildman–Crippen MR) is 151 cm³/mol. The van der Waals surface area contributed by atoms with Gasteiger partial charge in [0.05, 0.1) is 19.2 Å². The Morgan fingerprint density at radius 3 is 2.15 bits per heavy atom. The van der Waals surface area contributed by atoms with Gasteiger partial charge in [-0.25, -0.2) is 9.64 Å². The van der Waals surface area contributed by atoms with Gasteiger partial charge >= 0.3 is 6.03 Å². The van der Waals surface area contributed by atoms with Crippen molar-refractivity contribution in [3.05, 3.63) is 120 Å². The van der Waals surface area contributed by atoms with E-state index >= 15 is 0 Å². The number of ether oxygens (including phenoxy) is 3. The first-order valence-electron chi connectivity index (χ1n) is 12.1. The molecular formula is C31H24N4O4. The highest BCUT2D eigenvalue weighted by atomic mass is 16.5. The first-order chi connectivity index (χ1) is 19.1. The van der Waals surface area contributed by atoms with E-state index in [9.17, 15) is 4.79 Å². The number of benzene rings is 4. The molecule has 0 unspecified atom stereocenters. The van der Waals surface area contributed by atoms with Gasteiger partial charge in [0.15, 0.2) is 0 Å². The fourth-order valence-electron chi connectivity index (χ4n) is 3.87. The molecule has 1 heterocycles. The van der Waals surface area contributed by atoms with Gasteiger partial charge in [-0.15, -0.1) is 0 Å². The largest absolute Gasteiger partial charge is 0.500 e. The van der Waals surface area contributed by atoms with Crippen LogP contribution in [-0.2, 0) is 6.61 Å².